The highest BCUT2D eigenvalue weighted by Crippen LogP contribution is 2.46. The molecule has 264 valence electrons. The van der Waals surface area contributed by atoms with Crippen LogP contribution in [0.1, 0.15) is 58.8 Å². The summed E-state index contributed by atoms with van der Waals surface area (Å²) in [5.41, 5.74) is -0.968. The van der Waals surface area contributed by atoms with Gasteiger partial charge in [0.2, 0.25) is 27.7 Å². The summed E-state index contributed by atoms with van der Waals surface area (Å²) < 4.78 is 39.3. The van der Waals surface area contributed by atoms with Gasteiger partial charge in [0.25, 0.3) is 5.91 Å². The third-order valence-electron chi connectivity index (χ3n) is 9.98. The minimum atomic E-state index is -3.90. The van der Waals surface area contributed by atoms with E-state index in [-0.39, 0.29) is 31.2 Å². The van der Waals surface area contributed by atoms with Crippen LogP contribution in [0.5, 0.6) is 11.6 Å². The Morgan fingerprint density at radius 1 is 1.12 bits per heavy atom. The predicted molar refractivity (Wildman–Crippen MR) is 176 cm³/mol. The largest absolute Gasteiger partial charge is 0.497 e. The molecule has 16 heteroatoms. The third kappa shape index (κ3) is 7.28. The number of carbonyl (C=O) groups excluding carboxylic acids is 3. The number of amides is 4. The highest BCUT2D eigenvalue weighted by atomic mass is 32.2. The molecule has 2 aliphatic heterocycles. The topological polar surface area (TPSA) is 206 Å². The lowest BCUT2D eigenvalue weighted by Crippen LogP contribution is -2.59. The molecule has 4 N–H and O–H groups in total. The number of nitrogens with zero attached hydrogens (tertiary/aromatic N) is 3. The first-order valence-electron chi connectivity index (χ1n) is 16.6. The Morgan fingerprint density at radius 2 is 1.90 bits per heavy atom. The maximum absolute atomic E-state index is 14.3. The number of ether oxygens (including phenoxy) is 2. The van der Waals surface area contributed by atoms with Gasteiger partial charge in [0.1, 0.15) is 35.8 Å². The van der Waals surface area contributed by atoms with Crippen LogP contribution in [-0.4, -0.2) is 94.8 Å². The molecule has 2 aliphatic carbocycles. The number of benzene rings is 1. The van der Waals surface area contributed by atoms with Crippen LogP contribution in [0.3, 0.4) is 0 Å². The maximum atomic E-state index is 14.3. The third-order valence-corrected chi connectivity index (χ3v) is 11.8. The zero-order chi connectivity index (χ0) is 35.1. The molecule has 2 aromatic rings. The number of carbonyl (C=O) groups is 4. The number of hydrogen-bond donors (Lipinski definition) is 4. The molecule has 0 spiro atoms. The van der Waals surface area contributed by atoms with Gasteiger partial charge in [0.15, 0.2) is 0 Å². The Bertz CT molecular complexity index is 1780. The Kier molecular flexibility index (Phi) is 9.44. The number of nitrogens with one attached hydrogen (secondary N) is 3. The number of aromatic nitrogens is 2. The van der Waals surface area contributed by atoms with Gasteiger partial charge in [0.05, 0.1) is 29.8 Å². The minimum absolute atomic E-state index is 0.00236. The quantitative estimate of drug-likeness (QED) is 0.308. The number of rotatable bonds is 7. The van der Waals surface area contributed by atoms with Crippen LogP contribution < -0.4 is 24.8 Å². The molecular weight excluding hydrogens is 656 g/mol. The van der Waals surface area contributed by atoms with Gasteiger partial charge in [-0.25, -0.2) is 23.2 Å². The van der Waals surface area contributed by atoms with Crippen molar-refractivity contribution < 1.29 is 42.2 Å². The van der Waals surface area contributed by atoms with E-state index in [1.165, 1.54) is 18.3 Å². The second kappa shape index (κ2) is 13.4. The number of carboxylic acid groups (broad SMARTS) is 1. The fourth-order valence-electron chi connectivity index (χ4n) is 7.02. The van der Waals surface area contributed by atoms with Crippen molar-refractivity contribution in [2.75, 3.05) is 13.7 Å². The molecule has 0 unspecified atom stereocenters. The van der Waals surface area contributed by atoms with Crippen LogP contribution in [0.15, 0.2) is 36.7 Å². The summed E-state index contributed by atoms with van der Waals surface area (Å²) >= 11 is 0. The number of methoxy groups -OCH3 is 1. The van der Waals surface area contributed by atoms with Crippen LogP contribution in [0, 0.1) is 17.8 Å². The summed E-state index contributed by atoms with van der Waals surface area (Å²) in [6.07, 6.45) is 6.03. The SMILES string of the molecule is COc1ccc2c(O[C@@H]3C[C@H]4C(=O)N[C@]5(C(=O)NS(=O)(=O)C6CC6)C[C@H]5C=CCC[C@H](C)C[C@@H](C)[C@H](NC(=O)O)C(=O)N4C3)ncnc2c1. The summed E-state index contributed by atoms with van der Waals surface area (Å²) in [5, 5.41) is 14.9. The molecule has 7 atom stereocenters. The van der Waals surface area contributed by atoms with Gasteiger partial charge in [-0.3, -0.25) is 19.1 Å². The minimum Gasteiger partial charge on any atom is -0.497 e. The summed E-state index contributed by atoms with van der Waals surface area (Å²) in [5.74, 6) is -2.00. The predicted octanol–water partition coefficient (Wildman–Crippen LogP) is 2.12. The van der Waals surface area contributed by atoms with E-state index in [4.69, 9.17) is 9.47 Å². The van der Waals surface area contributed by atoms with Crippen LogP contribution >= 0.6 is 0 Å². The average Bonchev–Trinajstić information content (AvgIpc) is 3.98. The van der Waals surface area contributed by atoms with Crippen molar-refractivity contribution in [3.8, 4) is 11.6 Å². The second-order valence-electron chi connectivity index (χ2n) is 13.7. The van der Waals surface area contributed by atoms with Crippen LogP contribution in [0.2, 0.25) is 0 Å². The van der Waals surface area contributed by atoms with Gasteiger partial charge in [-0.15, -0.1) is 0 Å². The molecule has 2 saturated carbocycles. The van der Waals surface area contributed by atoms with Gasteiger partial charge < -0.3 is 30.1 Å². The van der Waals surface area contributed by atoms with E-state index < -0.39 is 74.7 Å². The van der Waals surface area contributed by atoms with Crippen LogP contribution in [0.25, 0.3) is 10.9 Å². The van der Waals surface area contributed by atoms with Gasteiger partial charge in [0, 0.05) is 18.4 Å². The molecule has 4 amide bonds. The molecule has 3 heterocycles. The number of fused-ring (bicyclic) bond motifs is 3. The van der Waals surface area contributed by atoms with E-state index in [1.807, 2.05) is 19.1 Å². The summed E-state index contributed by atoms with van der Waals surface area (Å²) in [6, 6.07) is 2.88. The normalized spacial score (nSPS) is 30.6. The molecule has 3 fully saturated rings. The van der Waals surface area contributed by atoms with E-state index in [9.17, 15) is 32.7 Å². The molecule has 1 aromatic carbocycles. The van der Waals surface area contributed by atoms with Crippen LogP contribution in [0.4, 0.5) is 4.79 Å². The van der Waals surface area contributed by atoms with E-state index in [0.717, 1.165) is 6.42 Å². The number of allylic oxidation sites excluding steroid dienone is 1. The first-order chi connectivity index (χ1) is 23.3. The van der Waals surface area contributed by atoms with Gasteiger partial charge in [-0.05, 0) is 62.5 Å². The van der Waals surface area contributed by atoms with E-state index in [1.54, 1.807) is 25.1 Å². The smallest absolute Gasteiger partial charge is 0.405 e. The highest BCUT2D eigenvalue weighted by molar-refractivity contribution is 7.91. The lowest BCUT2D eigenvalue weighted by atomic mass is 9.88. The highest BCUT2D eigenvalue weighted by Gasteiger charge is 2.62. The Balaban J connectivity index is 1.33. The standard InChI is InChI=1S/C33H42N6O9S/c1-18-6-4-5-7-20-15-33(20,31(42)38-49(45,46)23-9-10-23)37-28(40)26-14-22(16-39(26)30(41)27(19(2)12-18)36-32(43)44)48-29-24-11-8-21(47-3)13-25(24)34-17-35-29/h5,7-8,11,13,17-20,22-23,26-27,36H,4,6,9-10,12,14-16H2,1-3H3,(H,37,40)(H,38,42)(H,43,44)/t18-,19+,20+,22+,26-,27-,33+/m0/s1. The Labute approximate surface area is 284 Å². The van der Waals surface area contributed by atoms with Crippen molar-refractivity contribution >= 4 is 44.7 Å². The first kappa shape index (κ1) is 34.4. The van der Waals surface area contributed by atoms with Crippen LogP contribution in [-0.2, 0) is 24.4 Å². The molecule has 1 aromatic heterocycles. The summed E-state index contributed by atoms with van der Waals surface area (Å²) in [6.45, 7) is 3.76. The number of hydrogen-bond acceptors (Lipinski definition) is 10. The van der Waals surface area contributed by atoms with Crippen molar-refractivity contribution in [2.45, 2.75) is 87.8 Å². The Morgan fingerprint density at radius 3 is 2.61 bits per heavy atom. The zero-order valence-corrected chi connectivity index (χ0v) is 28.4. The zero-order valence-electron chi connectivity index (χ0n) is 27.6. The van der Waals surface area contributed by atoms with Gasteiger partial charge >= 0.3 is 6.09 Å². The second-order valence-corrected chi connectivity index (χ2v) is 15.7. The van der Waals surface area contributed by atoms with Gasteiger partial charge in [-0.2, -0.15) is 0 Å². The maximum Gasteiger partial charge on any atom is 0.405 e. The Hall–Kier alpha value is -4.47. The van der Waals surface area contributed by atoms with E-state index >= 15 is 0 Å². The fraction of sp³-hybridized carbons (Fsp3) is 0.576. The lowest BCUT2D eigenvalue weighted by Gasteiger charge is -2.32. The van der Waals surface area contributed by atoms with Crippen molar-refractivity contribution in [3.05, 3.63) is 36.7 Å². The summed E-state index contributed by atoms with van der Waals surface area (Å²) in [7, 11) is -2.36. The van der Waals surface area contributed by atoms with E-state index in [2.05, 4.69) is 25.3 Å². The monoisotopic (exact) mass is 698 g/mol. The number of sulfonamides is 1. The molecule has 49 heavy (non-hydrogen) atoms. The molecule has 1 saturated heterocycles. The molecular formula is C33H42N6O9S. The van der Waals surface area contributed by atoms with Crippen molar-refractivity contribution in [1.82, 2.24) is 30.2 Å². The average molecular weight is 699 g/mol. The van der Waals surface area contributed by atoms with Gasteiger partial charge in [-0.1, -0.05) is 26.0 Å². The fourth-order valence-corrected chi connectivity index (χ4v) is 8.39. The molecule has 0 radical (unpaired) electrons. The van der Waals surface area contributed by atoms with Crippen molar-refractivity contribution in [3.63, 3.8) is 0 Å². The lowest BCUT2D eigenvalue weighted by molar-refractivity contribution is -0.142. The molecule has 15 nitrogen and oxygen atoms in total. The van der Waals surface area contributed by atoms with Crippen molar-refractivity contribution in [2.24, 2.45) is 17.8 Å². The van der Waals surface area contributed by atoms with Crippen molar-refractivity contribution in [1.29, 1.82) is 0 Å². The molecule has 4 aliphatic rings. The molecule has 0 bridgehead atoms. The molecule has 6 rings (SSSR count). The van der Waals surface area contributed by atoms with E-state index in [0.29, 0.717) is 42.3 Å². The first-order valence-corrected chi connectivity index (χ1v) is 18.2. The summed E-state index contributed by atoms with van der Waals surface area (Å²) in [4.78, 5) is 63.9.